The Morgan fingerprint density at radius 3 is 2.46 bits per heavy atom. The van der Waals surface area contributed by atoms with E-state index in [0.29, 0.717) is 17.0 Å². The summed E-state index contributed by atoms with van der Waals surface area (Å²) in [6, 6.07) is 15.1. The second-order valence-corrected chi connectivity index (χ2v) is 5.79. The van der Waals surface area contributed by atoms with Crippen molar-refractivity contribution in [1.29, 1.82) is 0 Å². The van der Waals surface area contributed by atoms with Crippen LogP contribution in [0.1, 0.15) is 18.6 Å². The summed E-state index contributed by atoms with van der Waals surface area (Å²) in [7, 11) is 1.55. The van der Waals surface area contributed by atoms with E-state index in [0.717, 1.165) is 0 Å². The molecule has 0 fully saturated rings. The van der Waals surface area contributed by atoms with Gasteiger partial charge in [-0.15, -0.1) is 0 Å². The number of esters is 1. The molecule has 0 saturated heterocycles. The van der Waals surface area contributed by atoms with Gasteiger partial charge in [0, 0.05) is 0 Å². The van der Waals surface area contributed by atoms with Gasteiger partial charge in [-0.3, -0.25) is 0 Å². The lowest BCUT2D eigenvalue weighted by molar-refractivity contribution is -0.148. The number of ether oxygens (including phenoxy) is 2. The number of anilines is 1. The van der Waals surface area contributed by atoms with E-state index in [-0.39, 0.29) is 11.7 Å². The minimum atomic E-state index is -1.12. The van der Waals surface area contributed by atoms with E-state index in [4.69, 9.17) is 21.7 Å². The Labute approximate surface area is 158 Å². The Morgan fingerprint density at radius 2 is 1.81 bits per heavy atom. The van der Waals surface area contributed by atoms with Gasteiger partial charge >= 0.3 is 5.97 Å². The maximum absolute atomic E-state index is 12.3. The van der Waals surface area contributed by atoms with Gasteiger partial charge in [0.25, 0.3) is 0 Å². The van der Waals surface area contributed by atoms with Gasteiger partial charge in [-0.05, 0) is 36.8 Å². The average molecular weight is 374 g/mol. The maximum Gasteiger partial charge on any atom is 0.331 e. The molecule has 0 aliphatic carbocycles. The summed E-state index contributed by atoms with van der Waals surface area (Å²) in [5.74, 6) is 0.0148. The van der Waals surface area contributed by atoms with E-state index >= 15 is 0 Å². The van der Waals surface area contributed by atoms with Crippen molar-refractivity contribution in [3.63, 3.8) is 0 Å². The molecule has 26 heavy (non-hydrogen) atoms. The van der Waals surface area contributed by atoms with Gasteiger partial charge in [-0.2, -0.15) is 0 Å². The van der Waals surface area contributed by atoms with Crippen molar-refractivity contribution in [2.45, 2.75) is 19.1 Å². The average Bonchev–Trinajstić information content (AvgIpc) is 2.67. The van der Waals surface area contributed by atoms with Gasteiger partial charge in [-0.1, -0.05) is 42.5 Å². The van der Waals surface area contributed by atoms with E-state index in [1.54, 1.807) is 50.4 Å². The van der Waals surface area contributed by atoms with E-state index in [1.165, 1.54) is 0 Å². The van der Waals surface area contributed by atoms with Crippen LogP contribution in [0.3, 0.4) is 0 Å². The molecule has 0 radical (unpaired) electrons. The smallest absolute Gasteiger partial charge is 0.331 e. The molecule has 0 spiro atoms. The number of thiocarbonyl (C=S) groups is 1. The Bertz CT molecular complexity index is 739. The standard InChI is InChI=1S/C19H22N2O4S/c1-3-25-18(23)16(17(22)13-9-5-4-6-10-13)21-19(26)20-14-11-7-8-12-15(14)24-2/h4-12,16-17,22H,3H2,1-2H3,(H2,20,21,26). The molecule has 0 saturated carbocycles. The summed E-state index contributed by atoms with van der Waals surface area (Å²) in [5.41, 5.74) is 1.22. The summed E-state index contributed by atoms with van der Waals surface area (Å²) >= 11 is 5.30. The SMILES string of the molecule is CCOC(=O)C(NC(=S)Nc1ccccc1OC)C(O)c1ccccc1. The molecule has 2 atom stereocenters. The molecule has 0 amide bonds. The maximum atomic E-state index is 12.3. The van der Waals surface area contributed by atoms with Crippen LogP contribution in [0.4, 0.5) is 5.69 Å². The highest BCUT2D eigenvalue weighted by atomic mass is 32.1. The predicted octanol–water partition coefficient (Wildman–Crippen LogP) is 2.65. The van der Waals surface area contributed by atoms with Crippen LogP contribution >= 0.6 is 12.2 Å². The predicted molar refractivity (Wildman–Crippen MR) is 104 cm³/mol. The highest BCUT2D eigenvalue weighted by Crippen LogP contribution is 2.23. The first-order valence-electron chi connectivity index (χ1n) is 8.17. The molecule has 138 valence electrons. The van der Waals surface area contributed by atoms with Crippen LogP contribution in [-0.4, -0.2) is 35.9 Å². The number of nitrogens with one attached hydrogen (secondary N) is 2. The number of aliphatic hydroxyl groups is 1. The zero-order valence-corrected chi connectivity index (χ0v) is 15.5. The molecule has 6 nitrogen and oxygen atoms in total. The first kappa shape index (κ1) is 19.7. The number of rotatable bonds is 7. The fourth-order valence-electron chi connectivity index (χ4n) is 2.39. The van der Waals surface area contributed by atoms with E-state index < -0.39 is 18.1 Å². The Kier molecular flexibility index (Phi) is 7.37. The second kappa shape index (κ2) is 9.74. The van der Waals surface area contributed by atoms with Crippen molar-refractivity contribution < 1.29 is 19.4 Å². The third-order valence-corrected chi connectivity index (χ3v) is 3.86. The minimum absolute atomic E-state index is 0.169. The zero-order chi connectivity index (χ0) is 18.9. The number of aliphatic hydroxyl groups excluding tert-OH is 1. The third kappa shape index (κ3) is 5.18. The number of carbonyl (C=O) groups is 1. The molecule has 7 heteroatoms. The van der Waals surface area contributed by atoms with Crippen LogP contribution in [0, 0.1) is 0 Å². The Balaban J connectivity index is 2.15. The molecule has 2 aromatic carbocycles. The molecule has 0 aliphatic rings. The molecule has 2 rings (SSSR count). The highest BCUT2D eigenvalue weighted by Gasteiger charge is 2.30. The molecule has 3 N–H and O–H groups in total. The quantitative estimate of drug-likeness (QED) is 0.508. The third-order valence-electron chi connectivity index (χ3n) is 3.64. The van der Waals surface area contributed by atoms with E-state index in [2.05, 4.69) is 10.6 Å². The molecule has 0 heterocycles. The van der Waals surface area contributed by atoms with Gasteiger partial charge in [0.05, 0.1) is 19.4 Å². The second-order valence-electron chi connectivity index (χ2n) is 5.38. The van der Waals surface area contributed by atoms with Crippen LogP contribution in [0.15, 0.2) is 54.6 Å². The fourth-order valence-corrected chi connectivity index (χ4v) is 2.63. The number of carbonyl (C=O) groups excluding carboxylic acids is 1. The van der Waals surface area contributed by atoms with Crippen LogP contribution in [0.5, 0.6) is 5.75 Å². The van der Waals surface area contributed by atoms with Gasteiger partial charge in [-0.25, -0.2) is 4.79 Å². The molecule has 2 aromatic rings. The van der Waals surface area contributed by atoms with Crippen molar-refractivity contribution in [3.8, 4) is 5.75 Å². The van der Waals surface area contributed by atoms with Crippen LogP contribution in [0.2, 0.25) is 0 Å². The van der Waals surface area contributed by atoms with Crippen LogP contribution in [-0.2, 0) is 9.53 Å². The summed E-state index contributed by atoms with van der Waals surface area (Å²) in [4.78, 5) is 12.3. The zero-order valence-electron chi connectivity index (χ0n) is 14.6. The lowest BCUT2D eigenvalue weighted by Crippen LogP contribution is -2.47. The van der Waals surface area contributed by atoms with Gasteiger partial charge in [0.1, 0.15) is 11.9 Å². The van der Waals surface area contributed by atoms with Crippen LogP contribution < -0.4 is 15.4 Å². The number of hydrogen-bond donors (Lipinski definition) is 3. The molecule has 0 aliphatic heterocycles. The topological polar surface area (TPSA) is 79.8 Å². The lowest BCUT2D eigenvalue weighted by atomic mass is 10.0. The van der Waals surface area contributed by atoms with Crippen LogP contribution in [0.25, 0.3) is 0 Å². The molecule has 0 aromatic heterocycles. The van der Waals surface area contributed by atoms with Crippen molar-refractivity contribution >= 4 is 29.0 Å². The molecule has 0 bridgehead atoms. The number of benzene rings is 2. The Morgan fingerprint density at radius 1 is 1.15 bits per heavy atom. The first-order valence-corrected chi connectivity index (χ1v) is 8.57. The molecule has 2 unspecified atom stereocenters. The van der Waals surface area contributed by atoms with Crippen molar-refractivity contribution in [2.24, 2.45) is 0 Å². The summed E-state index contributed by atoms with van der Waals surface area (Å²) in [5, 5.41) is 16.6. The lowest BCUT2D eigenvalue weighted by Gasteiger charge is -2.24. The summed E-state index contributed by atoms with van der Waals surface area (Å²) in [6.07, 6.45) is -1.12. The summed E-state index contributed by atoms with van der Waals surface area (Å²) in [6.45, 7) is 1.90. The van der Waals surface area contributed by atoms with E-state index in [1.807, 2.05) is 18.2 Å². The van der Waals surface area contributed by atoms with Gasteiger partial charge < -0.3 is 25.2 Å². The van der Waals surface area contributed by atoms with Gasteiger partial charge in [0.2, 0.25) is 0 Å². The van der Waals surface area contributed by atoms with Crippen molar-refractivity contribution in [2.75, 3.05) is 19.0 Å². The number of para-hydroxylation sites is 2. The van der Waals surface area contributed by atoms with Crippen molar-refractivity contribution in [1.82, 2.24) is 5.32 Å². The number of hydrogen-bond acceptors (Lipinski definition) is 5. The minimum Gasteiger partial charge on any atom is -0.495 e. The first-order chi connectivity index (χ1) is 12.6. The molecular formula is C19H22N2O4S. The summed E-state index contributed by atoms with van der Waals surface area (Å²) < 4.78 is 10.3. The van der Waals surface area contributed by atoms with Crippen molar-refractivity contribution in [3.05, 3.63) is 60.2 Å². The normalized spacial score (nSPS) is 12.6. The van der Waals surface area contributed by atoms with Gasteiger partial charge in [0.15, 0.2) is 11.2 Å². The fraction of sp³-hybridized carbons (Fsp3) is 0.263. The Hall–Kier alpha value is -2.64. The largest absolute Gasteiger partial charge is 0.495 e. The molecular weight excluding hydrogens is 352 g/mol. The number of methoxy groups -OCH3 is 1. The highest BCUT2D eigenvalue weighted by molar-refractivity contribution is 7.80. The monoisotopic (exact) mass is 374 g/mol. The van der Waals surface area contributed by atoms with E-state index in [9.17, 15) is 9.90 Å².